The van der Waals surface area contributed by atoms with E-state index in [-0.39, 0.29) is 18.0 Å². The first-order chi connectivity index (χ1) is 9.47. The predicted octanol–water partition coefficient (Wildman–Crippen LogP) is 2.14. The van der Waals surface area contributed by atoms with Gasteiger partial charge in [0.05, 0.1) is 0 Å². The highest BCUT2D eigenvalue weighted by atomic mass is 79.9. The maximum Gasteiger partial charge on any atom is 0.251 e. The SMILES string of the molecule is Cc1c(Br)cccc1NC(=O)Cn1cc(N)ccc1=O. The van der Waals surface area contributed by atoms with Gasteiger partial charge < -0.3 is 15.6 Å². The van der Waals surface area contributed by atoms with Crippen molar-refractivity contribution in [2.75, 3.05) is 11.1 Å². The first-order valence-corrected chi connectivity index (χ1v) is 6.77. The van der Waals surface area contributed by atoms with Crippen LogP contribution in [0.25, 0.3) is 0 Å². The summed E-state index contributed by atoms with van der Waals surface area (Å²) in [5.41, 5.74) is 7.42. The third-order valence-corrected chi connectivity index (χ3v) is 3.72. The number of rotatable bonds is 3. The molecule has 1 heterocycles. The molecule has 2 rings (SSSR count). The Hall–Kier alpha value is -2.08. The van der Waals surface area contributed by atoms with Gasteiger partial charge in [-0.1, -0.05) is 22.0 Å². The van der Waals surface area contributed by atoms with Gasteiger partial charge in [-0.15, -0.1) is 0 Å². The van der Waals surface area contributed by atoms with Crippen LogP contribution < -0.4 is 16.6 Å². The number of nitrogens with two attached hydrogens (primary N) is 1. The van der Waals surface area contributed by atoms with E-state index in [1.807, 2.05) is 19.1 Å². The number of benzene rings is 1. The highest BCUT2D eigenvalue weighted by molar-refractivity contribution is 9.10. The number of nitrogen functional groups attached to an aromatic ring is 1. The Morgan fingerprint density at radius 2 is 2.10 bits per heavy atom. The molecule has 0 spiro atoms. The van der Waals surface area contributed by atoms with Crippen LogP contribution in [0.2, 0.25) is 0 Å². The van der Waals surface area contributed by atoms with Crippen molar-refractivity contribution in [2.24, 2.45) is 0 Å². The molecular weight excluding hydrogens is 322 g/mol. The molecule has 3 N–H and O–H groups in total. The number of carbonyl (C=O) groups is 1. The lowest BCUT2D eigenvalue weighted by atomic mass is 10.2. The summed E-state index contributed by atoms with van der Waals surface area (Å²) >= 11 is 3.40. The van der Waals surface area contributed by atoms with Gasteiger partial charge in [0.2, 0.25) is 5.91 Å². The largest absolute Gasteiger partial charge is 0.398 e. The fraction of sp³-hybridized carbons (Fsp3) is 0.143. The number of aromatic nitrogens is 1. The molecule has 0 bridgehead atoms. The summed E-state index contributed by atoms with van der Waals surface area (Å²) < 4.78 is 2.19. The molecule has 0 aliphatic heterocycles. The minimum Gasteiger partial charge on any atom is -0.398 e. The molecule has 20 heavy (non-hydrogen) atoms. The second-order valence-corrected chi connectivity index (χ2v) is 5.24. The number of hydrogen-bond donors (Lipinski definition) is 2. The summed E-state index contributed by atoms with van der Waals surface area (Å²) in [6.45, 7) is 1.82. The maximum atomic E-state index is 12.0. The normalized spacial score (nSPS) is 10.3. The molecule has 5 nitrogen and oxygen atoms in total. The van der Waals surface area contributed by atoms with Crippen molar-refractivity contribution in [1.82, 2.24) is 4.57 Å². The summed E-state index contributed by atoms with van der Waals surface area (Å²) in [5.74, 6) is -0.279. The van der Waals surface area contributed by atoms with E-state index < -0.39 is 0 Å². The number of carbonyl (C=O) groups excluding carboxylic acids is 1. The monoisotopic (exact) mass is 335 g/mol. The standard InChI is InChI=1S/C14H14BrN3O2/c1-9-11(15)3-2-4-12(9)17-13(19)8-18-7-10(16)5-6-14(18)20/h2-7H,8,16H2,1H3,(H,17,19). The summed E-state index contributed by atoms with van der Waals surface area (Å²) in [6, 6.07) is 8.38. The van der Waals surface area contributed by atoms with Crippen LogP contribution >= 0.6 is 15.9 Å². The van der Waals surface area contributed by atoms with Crippen LogP contribution in [-0.2, 0) is 11.3 Å². The molecule has 0 fully saturated rings. The molecule has 0 radical (unpaired) electrons. The first kappa shape index (κ1) is 14.3. The number of pyridine rings is 1. The third kappa shape index (κ3) is 3.27. The van der Waals surface area contributed by atoms with Crippen LogP contribution in [0.5, 0.6) is 0 Å². The zero-order valence-corrected chi connectivity index (χ0v) is 12.5. The number of anilines is 2. The van der Waals surface area contributed by atoms with E-state index in [9.17, 15) is 9.59 Å². The Kier molecular flexibility index (Phi) is 4.24. The Labute approximate surface area is 124 Å². The van der Waals surface area contributed by atoms with E-state index in [0.29, 0.717) is 11.4 Å². The van der Waals surface area contributed by atoms with Crippen LogP contribution in [0.15, 0.2) is 45.8 Å². The lowest BCUT2D eigenvalue weighted by molar-refractivity contribution is -0.116. The highest BCUT2D eigenvalue weighted by Crippen LogP contribution is 2.23. The molecule has 1 amide bonds. The highest BCUT2D eigenvalue weighted by Gasteiger charge is 2.08. The van der Waals surface area contributed by atoms with Crippen molar-refractivity contribution >= 4 is 33.2 Å². The molecule has 1 aromatic carbocycles. The Morgan fingerprint density at radius 1 is 1.35 bits per heavy atom. The fourth-order valence-electron chi connectivity index (χ4n) is 1.76. The van der Waals surface area contributed by atoms with E-state index in [0.717, 1.165) is 10.0 Å². The van der Waals surface area contributed by atoms with E-state index in [1.54, 1.807) is 6.07 Å². The van der Waals surface area contributed by atoms with Crippen molar-refractivity contribution in [3.63, 3.8) is 0 Å². The van der Waals surface area contributed by atoms with Crippen molar-refractivity contribution in [2.45, 2.75) is 13.5 Å². The maximum absolute atomic E-state index is 12.0. The minimum atomic E-state index is -0.279. The molecule has 0 unspecified atom stereocenters. The van der Waals surface area contributed by atoms with E-state index in [2.05, 4.69) is 21.2 Å². The van der Waals surface area contributed by atoms with Crippen LogP contribution in [0.4, 0.5) is 11.4 Å². The number of amides is 1. The van der Waals surface area contributed by atoms with Crippen LogP contribution in [-0.4, -0.2) is 10.5 Å². The van der Waals surface area contributed by atoms with Crippen LogP contribution in [0.1, 0.15) is 5.56 Å². The van der Waals surface area contributed by atoms with Crippen molar-refractivity contribution in [1.29, 1.82) is 0 Å². The van der Waals surface area contributed by atoms with Gasteiger partial charge in [0.25, 0.3) is 5.56 Å². The lowest BCUT2D eigenvalue weighted by Gasteiger charge is -2.11. The van der Waals surface area contributed by atoms with Crippen LogP contribution in [0, 0.1) is 6.92 Å². The lowest BCUT2D eigenvalue weighted by Crippen LogP contribution is -2.27. The molecular formula is C14H14BrN3O2. The zero-order valence-electron chi connectivity index (χ0n) is 10.9. The van der Waals surface area contributed by atoms with Crippen molar-refractivity contribution in [3.05, 3.63) is 56.9 Å². The number of nitrogens with one attached hydrogen (secondary N) is 1. The summed E-state index contributed by atoms with van der Waals surface area (Å²) in [4.78, 5) is 23.6. The zero-order chi connectivity index (χ0) is 14.7. The number of hydrogen-bond acceptors (Lipinski definition) is 3. The van der Waals surface area contributed by atoms with E-state index >= 15 is 0 Å². The molecule has 1 aromatic heterocycles. The molecule has 104 valence electrons. The Bertz CT molecular complexity index is 710. The second-order valence-electron chi connectivity index (χ2n) is 4.39. The second kappa shape index (κ2) is 5.92. The van der Waals surface area contributed by atoms with Gasteiger partial charge in [0, 0.05) is 28.1 Å². The van der Waals surface area contributed by atoms with Gasteiger partial charge in [-0.3, -0.25) is 9.59 Å². The molecule has 0 aliphatic rings. The van der Waals surface area contributed by atoms with Gasteiger partial charge in [-0.2, -0.15) is 0 Å². The molecule has 0 saturated heterocycles. The van der Waals surface area contributed by atoms with Crippen molar-refractivity contribution in [3.8, 4) is 0 Å². The summed E-state index contributed by atoms with van der Waals surface area (Å²) in [5, 5.41) is 2.78. The average Bonchev–Trinajstić information content (AvgIpc) is 2.39. The number of halogens is 1. The number of nitrogens with zero attached hydrogens (tertiary/aromatic N) is 1. The topological polar surface area (TPSA) is 77.1 Å². The van der Waals surface area contributed by atoms with E-state index in [4.69, 9.17) is 5.73 Å². The minimum absolute atomic E-state index is 0.0736. The summed E-state index contributed by atoms with van der Waals surface area (Å²) in [6.07, 6.45) is 1.45. The van der Waals surface area contributed by atoms with Crippen LogP contribution in [0.3, 0.4) is 0 Å². The van der Waals surface area contributed by atoms with Gasteiger partial charge >= 0.3 is 0 Å². The predicted molar refractivity (Wildman–Crippen MR) is 82.6 cm³/mol. The molecule has 0 atom stereocenters. The third-order valence-electron chi connectivity index (χ3n) is 2.86. The average molecular weight is 336 g/mol. The Morgan fingerprint density at radius 3 is 2.85 bits per heavy atom. The summed E-state index contributed by atoms with van der Waals surface area (Å²) in [7, 11) is 0. The quantitative estimate of drug-likeness (QED) is 0.902. The first-order valence-electron chi connectivity index (χ1n) is 5.98. The molecule has 0 saturated carbocycles. The van der Waals surface area contributed by atoms with E-state index in [1.165, 1.54) is 22.9 Å². The van der Waals surface area contributed by atoms with Gasteiger partial charge in [0.1, 0.15) is 6.54 Å². The molecule has 6 heteroatoms. The Balaban J connectivity index is 2.15. The van der Waals surface area contributed by atoms with Gasteiger partial charge in [-0.05, 0) is 30.7 Å². The smallest absolute Gasteiger partial charge is 0.251 e. The van der Waals surface area contributed by atoms with Crippen molar-refractivity contribution < 1.29 is 4.79 Å². The fourth-order valence-corrected chi connectivity index (χ4v) is 2.13. The molecule has 2 aromatic rings. The van der Waals surface area contributed by atoms with Gasteiger partial charge in [-0.25, -0.2) is 0 Å². The van der Waals surface area contributed by atoms with Gasteiger partial charge in [0.15, 0.2) is 0 Å². The molecule has 0 aliphatic carbocycles.